The summed E-state index contributed by atoms with van der Waals surface area (Å²) in [6.45, 7) is 5.25. The highest BCUT2D eigenvalue weighted by atomic mass is 16.4. The van der Waals surface area contributed by atoms with Gasteiger partial charge in [0.2, 0.25) is 5.91 Å². The van der Waals surface area contributed by atoms with Gasteiger partial charge in [0.25, 0.3) is 0 Å². The Bertz CT molecular complexity index is 676. The standard InChI is InChI=1S/C15H19N3O3/c1-10(2)17(9-15(20)21)14(19)8-18-11(3)16-12-6-4-5-7-13(12)18/h4-7,10H,8-9H2,1-3H3,(H,20,21). The molecule has 1 aromatic carbocycles. The minimum Gasteiger partial charge on any atom is -0.480 e. The van der Waals surface area contributed by atoms with Crippen molar-refractivity contribution in [1.29, 1.82) is 0 Å². The Labute approximate surface area is 123 Å². The minimum atomic E-state index is -1.01. The van der Waals surface area contributed by atoms with E-state index in [-0.39, 0.29) is 25.0 Å². The lowest BCUT2D eigenvalue weighted by molar-refractivity contribution is -0.146. The minimum absolute atomic E-state index is 0.0950. The molecular formula is C15H19N3O3. The number of hydrogen-bond donors (Lipinski definition) is 1. The van der Waals surface area contributed by atoms with Gasteiger partial charge >= 0.3 is 5.97 Å². The summed E-state index contributed by atoms with van der Waals surface area (Å²) in [5.74, 6) is -0.494. The van der Waals surface area contributed by atoms with E-state index in [4.69, 9.17) is 5.11 Å². The van der Waals surface area contributed by atoms with Crippen molar-refractivity contribution in [3.8, 4) is 0 Å². The molecule has 0 radical (unpaired) electrons. The van der Waals surface area contributed by atoms with Crippen LogP contribution in [0.3, 0.4) is 0 Å². The molecule has 0 aliphatic carbocycles. The number of aliphatic carboxylic acids is 1. The molecule has 21 heavy (non-hydrogen) atoms. The number of aryl methyl sites for hydroxylation is 1. The first kappa shape index (κ1) is 15.0. The van der Waals surface area contributed by atoms with E-state index >= 15 is 0 Å². The predicted octanol–water partition coefficient (Wildman–Crippen LogP) is 1.67. The van der Waals surface area contributed by atoms with Crippen molar-refractivity contribution >= 4 is 22.9 Å². The molecule has 0 saturated heterocycles. The topological polar surface area (TPSA) is 75.4 Å². The highest BCUT2D eigenvalue weighted by Crippen LogP contribution is 2.16. The van der Waals surface area contributed by atoms with Gasteiger partial charge in [-0.2, -0.15) is 0 Å². The van der Waals surface area contributed by atoms with Crippen molar-refractivity contribution < 1.29 is 14.7 Å². The van der Waals surface area contributed by atoms with Crippen molar-refractivity contribution in [2.45, 2.75) is 33.4 Å². The lowest BCUT2D eigenvalue weighted by Crippen LogP contribution is -2.42. The molecule has 0 aliphatic heterocycles. The summed E-state index contributed by atoms with van der Waals surface area (Å²) in [5, 5.41) is 8.92. The quantitative estimate of drug-likeness (QED) is 0.908. The zero-order chi connectivity index (χ0) is 15.6. The lowest BCUT2D eigenvalue weighted by atomic mass is 10.3. The van der Waals surface area contributed by atoms with Gasteiger partial charge in [-0.05, 0) is 32.9 Å². The summed E-state index contributed by atoms with van der Waals surface area (Å²) in [4.78, 5) is 29.0. The van der Waals surface area contributed by atoms with Gasteiger partial charge in [-0.3, -0.25) is 9.59 Å². The van der Waals surface area contributed by atoms with Gasteiger partial charge in [0.1, 0.15) is 18.9 Å². The van der Waals surface area contributed by atoms with Gasteiger partial charge in [0.15, 0.2) is 0 Å². The van der Waals surface area contributed by atoms with Crippen LogP contribution in [0.4, 0.5) is 0 Å². The van der Waals surface area contributed by atoms with E-state index in [1.807, 2.05) is 35.8 Å². The molecular weight excluding hydrogens is 270 g/mol. The molecule has 2 aromatic rings. The van der Waals surface area contributed by atoms with Crippen molar-refractivity contribution in [3.63, 3.8) is 0 Å². The molecule has 1 amide bonds. The second-order valence-electron chi connectivity index (χ2n) is 5.24. The molecule has 6 nitrogen and oxygen atoms in total. The molecule has 1 heterocycles. The first-order valence-corrected chi connectivity index (χ1v) is 6.83. The smallest absolute Gasteiger partial charge is 0.323 e. The zero-order valence-corrected chi connectivity index (χ0v) is 12.4. The average Bonchev–Trinajstić information content (AvgIpc) is 2.72. The molecule has 0 saturated carbocycles. The van der Waals surface area contributed by atoms with Crippen LogP contribution in [-0.2, 0) is 16.1 Å². The number of para-hydroxylation sites is 2. The second kappa shape index (κ2) is 5.95. The van der Waals surface area contributed by atoms with Gasteiger partial charge < -0.3 is 14.6 Å². The van der Waals surface area contributed by atoms with Crippen LogP contribution in [0, 0.1) is 6.92 Å². The van der Waals surface area contributed by atoms with Gasteiger partial charge in [0.05, 0.1) is 11.0 Å². The van der Waals surface area contributed by atoms with Gasteiger partial charge in [-0.1, -0.05) is 12.1 Å². The van der Waals surface area contributed by atoms with Crippen LogP contribution in [-0.4, -0.2) is 44.0 Å². The molecule has 0 bridgehead atoms. The summed E-state index contributed by atoms with van der Waals surface area (Å²) < 4.78 is 1.81. The van der Waals surface area contributed by atoms with Gasteiger partial charge in [-0.25, -0.2) is 4.98 Å². The molecule has 0 spiro atoms. The summed E-state index contributed by atoms with van der Waals surface area (Å²) in [7, 11) is 0. The maximum Gasteiger partial charge on any atom is 0.323 e. The fourth-order valence-electron chi connectivity index (χ4n) is 2.33. The molecule has 0 fully saturated rings. The van der Waals surface area contributed by atoms with Crippen LogP contribution in [0.2, 0.25) is 0 Å². The number of carbonyl (C=O) groups excluding carboxylic acids is 1. The molecule has 6 heteroatoms. The summed E-state index contributed by atoms with van der Waals surface area (Å²) in [6.07, 6.45) is 0. The number of nitrogens with zero attached hydrogens (tertiary/aromatic N) is 3. The Hall–Kier alpha value is -2.37. The van der Waals surface area contributed by atoms with Crippen molar-refractivity contribution in [2.24, 2.45) is 0 Å². The van der Waals surface area contributed by atoms with Crippen molar-refractivity contribution in [1.82, 2.24) is 14.5 Å². The Morgan fingerprint density at radius 2 is 2.00 bits per heavy atom. The van der Waals surface area contributed by atoms with Crippen LogP contribution >= 0.6 is 0 Å². The maximum absolute atomic E-state index is 12.4. The van der Waals surface area contributed by atoms with E-state index in [0.717, 1.165) is 16.9 Å². The number of hydrogen-bond acceptors (Lipinski definition) is 3. The third kappa shape index (κ3) is 3.21. The largest absolute Gasteiger partial charge is 0.480 e. The third-order valence-electron chi connectivity index (χ3n) is 3.39. The number of benzene rings is 1. The third-order valence-corrected chi connectivity index (χ3v) is 3.39. The summed E-state index contributed by atoms with van der Waals surface area (Å²) in [5.41, 5.74) is 1.71. The highest BCUT2D eigenvalue weighted by Gasteiger charge is 2.21. The van der Waals surface area contributed by atoms with E-state index in [9.17, 15) is 9.59 Å². The number of carboxylic acid groups (broad SMARTS) is 1. The predicted molar refractivity (Wildman–Crippen MR) is 79.0 cm³/mol. The van der Waals surface area contributed by atoms with Crippen LogP contribution < -0.4 is 0 Å². The SMILES string of the molecule is Cc1nc2ccccc2n1CC(=O)N(CC(=O)O)C(C)C. The fourth-order valence-corrected chi connectivity index (χ4v) is 2.33. The number of amides is 1. The zero-order valence-electron chi connectivity index (χ0n) is 12.4. The van der Waals surface area contributed by atoms with E-state index in [1.165, 1.54) is 4.90 Å². The molecule has 2 rings (SSSR count). The normalized spacial score (nSPS) is 11.0. The number of fused-ring (bicyclic) bond motifs is 1. The summed E-state index contributed by atoms with van der Waals surface area (Å²) in [6, 6.07) is 7.41. The van der Waals surface area contributed by atoms with E-state index in [0.29, 0.717) is 0 Å². The Balaban J connectivity index is 2.28. The molecule has 0 aliphatic rings. The number of carbonyl (C=O) groups is 2. The van der Waals surface area contributed by atoms with E-state index < -0.39 is 5.97 Å². The van der Waals surface area contributed by atoms with Crippen LogP contribution in [0.1, 0.15) is 19.7 Å². The number of imidazole rings is 1. The van der Waals surface area contributed by atoms with Crippen LogP contribution in [0.5, 0.6) is 0 Å². The second-order valence-corrected chi connectivity index (χ2v) is 5.24. The summed E-state index contributed by atoms with van der Waals surface area (Å²) >= 11 is 0. The number of aromatic nitrogens is 2. The van der Waals surface area contributed by atoms with Gasteiger partial charge in [-0.15, -0.1) is 0 Å². The van der Waals surface area contributed by atoms with Crippen molar-refractivity contribution in [3.05, 3.63) is 30.1 Å². The average molecular weight is 289 g/mol. The maximum atomic E-state index is 12.4. The van der Waals surface area contributed by atoms with Crippen LogP contribution in [0.15, 0.2) is 24.3 Å². The molecule has 112 valence electrons. The molecule has 1 aromatic heterocycles. The van der Waals surface area contributed by atoms with E-state index in [2.05, 4.69) is 4.98 Å². The highest BCUT2D eigenvalue weighted by molar-refractivity contribution is 5.84. The first-order valence-electron chi connectivity index (χ1n) is 6.83. The molecule has 0 unspecified atom stereocenters. The monoisotopic (exact) mass is 289 g/mol. The first-order chi connectivity index (χ1) is 9.90. The molecule has 0 atom stereocenters. The Morgan fingerprint density at radius 1 is 1.33 bits per heavy atom. The van der Waals surface area contributed by atoms with E-state index in [1.54, 1.807) is 13.8 Å². The Kier molecular flexibility index (Phi) is 4.26. The lowest BCUT2D eigenvalue weighted by Gasteiger charge is -2.25. The van der Waals surface area contributed by atoms with Crippen molar-refractivity contribution in [2.75, 3.05) is 6.54 Å². The Morgan fingerprint density at radius 3 is 2.62 bits per heavy atom. The molecule has 1 N–H and O–H groups in total. The number of rotatable bonds is 5. The van der Waals surface area contributed by atoms with Gasteiger partial charge in [0, 0.05) is 6.04 Å². The fraction of sp³-hybridized carbons (Fsp3) is 0.400. The number of carboxylic acids is 1. The van der Waals surface area contributed by atoms with Crippen LogP contribution in [0.25, 0.3) is 11.0 Å².